The van der Waals surface area contributed by atoms with E-state index in [4.69, 9.17) is 9.47 Å². The van der Waals surface area contributed by atoms with Gasteiger partial charge in [0.25, 0.3) is 5.78 Å². The molecular weight excluding hydrogens is 332 g/mol. The molecular formula is C21H22O5. The molecule has 0 radical (unpaired) electrons. The third kappa shape index (κ3) is 3.17. The number of rotatable bonds is 2. The van der Waals surface area contributed by atoms with Crippen molar-refractivity contribution in [3.05, 3.63) is 58.6 Å². The molecule has 0 saturated heterocycles. The normalized spacial score (nSPS) is 18.2. The minimum atomic E-state index is -0.461. The van der Waals surface area contributed by atoms with E-state index in [-0.39, 0.29) is 28.6 Å². The molecule has 0 aliphatic heterocycles. The maximum absolute atomic E-state index is 13.2. The highest BCUT2D eigenvalue weighted by molar-refractivity contribution is 6.38. The molecule has 2 aliphatic carbocycles. The van der Waals surface area contributed by atoms with E-state index in [0.717, 1.165) is 24.8 Å². The number of fused-ring (bicyclic) bond motifs is 5. The number of ether oxygens (including phenoxy) is 2. The third-order valence-corrected chi connectivity index (χ3v) is 4.72. The van der Waals surface area contributed by atoms with E-state index >= 15 is 0 Å². The molecule has 4 bridgehead atoms. The lowest BCUT2D eigenvalue weighted by Gasteiger charge is -2.23. The van der Waals surface area contributed by atoms with Gasteiger partial charge in [-0.1, -0.05) is 18.2 Å². The van der Waals surface area contributed by atoms with Crippen molar-refractivity contribution in [2.24, 2.45) is 0 Å². The fourth-order valence-corrected chi connectivity index (χ4v) is 3.40. The van der Waals surface area contributed by atoms with Crippen LogP contribution >= 0.6 is 0 Å². The topological polar surface area (TPSA) is 72.8 Å². The van der Waals surface area contributed by atoms with Crippen LogP contribution in [-0.2, 0) is 25.5 Å². The van der Waals surface area contributed by atoms with Gasteiger partial charge < -0.3 is 14.6 Å². The smallest absolute Gasteiger partial charge is 0.263 e. The molecule has 0 heterocycles. The molecule has 1 aromatic carbocycles. The van der Waals surface area contributed by atoms with E-state index in [1.807, 2.05) is 6.07 Å². The number of phenolic OH excluding ortho intramolecular Hbond substituents is 1. The molecule has 5 heteroatoms. The van der Waals surface area contributed by atoms with Crippen LogP contribution in [0.5, 0.6) is 5.75 Å². The Balaban J connectivity index is 2.24. The molecule has 26 heavy (non-hydrogen) atoms. The zero-order valence-electron chi connectivity index (χ0n) is 15.0. The molecule has 0 aromatic heterocycles. The highest BCUT2D eigenvalue weighted by atomic mass is 16.5. The van der Waals surface area contributed by atoms with Gasteiger partial charge in [0, 0.05) is 11.1 Å². The summed E-state index contributed by atoms with van der Waals surface area (Å²) in [5.74, 6) is -0.890. The van der Waals surface area contributed by atoms with Gasteiger partial charge in [0.05, 0.1) is 19.8 Å². The summed E-state index contributed by atoms with van der Waals surface area (Å²) in [5, 5.41) is 10.4. The average Bonchev–Trinajstić information content (AvgIpc) is 2.64. The summed E-state index contributed by atoms with van der Waals surface area (Å²) >= 11 is 0. The van der Waals surface area contributed by atoms with Crippen molar-refractivity contribution in [1.82, 2.24) is 0 Å². The van der Waals surface area contributed by atoms with Crippen LogP contribution in [0.15, 0.2) is 47.4 Å². The Labute approximate surface area is 152 Å². The molecule has 0 unspecified atom stereocenters. The van der Waals surface area contributed by atoms with Crippen LogP contribution in [0, 0.1) is 0 Å². The van der Waals surface area contributed by atoms with Crippen LogP contribution in [0.25, 0.3) is 5.57 Å². The molecule has 5 nitrogen and oxygen atoms in total. The van der Waals surface area contributed by atoms with Crippen LogP contribution in [0.1, 0.15) is 36.8 Å². The first-order valence-corrected chi connectivity index (χ1v) is 8.70. The van der Waals surface area contributed by atoms with Crippen LogP contribution in [0.3, 0.4) is 0 Å². The van der Waals surface area contributed by atoms with E-state index in [1.165, 1.54) is 14.2 Å². The highest BCUT2D eigenvalue weighted by Gasteiger charge is 2.38. The Morgan fingerprint density at radius 2 is 1.73 bits per heavy atom. The second-order valence-electron chi connectivity index (χ2n) is 6.35. The van der Waals surface area contributed by atoms with Crippen LogP contribution in [0.4, 0.5) is 0 Å². The molecule has 2 aliphatic rings. The molecule has 136 valence electrons. The summed E-state index contributed by atoms with van der Waals surface area (Å²) in [4.78, 5) is 26.0. The molecule has 0 atom stereocenters. The summed E-state index contributed by atoms with van der Waals surface area (Å²) in [6.07, 6.45) is 7.93. The highest BCUT2D eigenvalue weighted by Crippen LogP contribution is 2.38. The molecule has 3 rings (SSSR count). The van der Waals surface area contributed by atoms with E-state index in [9.17, 15) is 14.7 Å². The van der Waals surface area contributed by atoms with Gasteiger partial charge in [0.15, 0.2) is 17.3 Å². The average molecular weight is 354 g/mol. The van der Waals surface area contributed by atoms with E-state index < -0.39 is 5.78 Å². The Bertz CT molecular complexity index is 842. The molecule has 1 N–H and O–H groups in total. The van der Waals surface area contributed by atoms with Gasteiger partial charge in [-0.2, -0.15) is 0 Å². The number of phenols is 1. The first kappa shape index (κ1) is 18.0. The first-order valence-electron chi connectivity index (χ1n) is 8.70. The number of ketones is 2. The van der Waals surface area contributed by atoms with Gasteiger partial charge in [-0.05, 0) is 49.8 Å². The van der Waals surface area contributed by atoms with Gasteiger partial charge in [0.2, 0.25) is 0 Å². The number of benzene rings is 1. The zero-order valence-corrected chi connectivity index (χ0v) is 15.0. The number of hydrogen-bond donors (Lipinski definition) is 1. The van der Waals surface area contributed by atoms with E-state index in [0.29, 0.717) is 24.0 Å². The van der Waals surface area contributed by atoms with Crippen molar-refractivity contribution in [2.45, 2.75) is 32.1 Å². The summed E-state index contributed by atoms with van der Waals surface area (Å²) < 4.78 is 10.5. The lowest BCUT2D eigenvalue weighted by molar-refractivity contribution is -0.120. The zero-order chi connectivity index (χ0) is 18.7. The molecule has 1 aromatic rings. The number of carbonyl (C=O) groups excluding carboxylic acids is 2. The second-order valence-corrected chi connectivity index (χ2v) is 6.35. The van der Waals surface area contributed by atoms with Crippen molar-refractivity contribution >= 4 is 17.1 Å². The lowest BCUT2D eigenvalue weighted by atomic mass is 9.85. The largest absolute Gasteiger partial charge is 0.507 e. The van der Waals surface area contributed by atoms with Gasteiger partial charge in [-0.25, -0.2) is 0 Å². The predicted octanol–water partition coefficient (Wildman–Crippen LogP) is 3.47. The lowest BCUT2D eigenvalue weighted by Crippen LogP contribution is -2.25. The van der Waals surface area contributed by atoms with Gasteiger partial charge in [-0.15, -0.1) is 0 Å². The quantitative estimate of drug-likeness (QED) is 0.650. The Kier molecular flexibility index (Phi) is 5.26. The number of Topliss-reactive ketones (excluding diaryl/α,β-unsaturated/α-hetero) is 2. The van der Waals surface area contributed by atoms with Gasteiger partial charge in [0.1, 0.15) is 5.75 Å². The number of carbonyl (C=O) groups is 2. The van der Waals surface area contributed by atoms with Crippen LogP contribution in [-0.4, -0.2) is 30.9 Å². The van der Waals surface area contributed by atoms with Crippen molar-refractivity contribution in [1.29, 1.82) is 0 Å². The van der Waals surface area contributed by atoms with Crippen LogP contribution < -0.4 is 0 Å². The predicted molar refractivity (Wildman–Crippen MR) is 97.4 cm³/mol. The number of aromatic hydroxyl groups is 1. The van der Waals surface area contributed by atoms with Crippen molar-refractivity contribution in [2.75, 3.05) is 14.2 Å². The van der Waals surface area contributed by atoms with Crippen LogP contribution in [0.2, 0.25) is 0 Å². The Morgan fingerprint density at radius 1 is 0.962 bits per heavy atom. The summed E-state index contributed by atoms with van der Waals surface area (Å²) in [6, 6.07) is 5.10. The fraction of sp³-hybridized carbons (Fsp3) is 0.333. The fourth-order valence-electron chi connectivity index (χ4n) is 3.40. The Morgan fingerprint density at radius 3 is 2.46 bits per heavy atom. The van der Waals surface area contributed by atoms with Gasteiger partial charge >= 0.3 is 0 Å². The Hall–Kier alpha value is -2.82. The number of hydrogen-bond acceptors (Lipinski definition) is 5. The first-order chi connectivity index (χ1) is 12.6. The molecule has 0 spiro atoms. The van der Waals surface area contributed by atoms with Crippen molar-refractivity contribution in [3.8, 4) is 5.75 Å². The van der Waals surface area contributed by atoms with E-state index in [2.05, 4.69) is 12.2 Å². The summed E-state index contributed by atoms with van der Waals surface area (Å²) in [5.41, 5.74) is 1.72. The van der Waals surface area contributed by atoms with Gasteiger partial charge in [-0.3, -0.25) is 9.59 Å². The van der Waals surface area contributed by atoms with Crippen molar-refractivity contribution in [3.63, 3.8) is 0 Å². The second kappa shape index (κ2) is 7.60. The third-order valence-electron chi connectivity index (χ3n) is 4.72. The summed E-state index contributed by atoms with van der Waals surface area (Å²) in [7, 11) is 2.73. The minimum absolute atomic E-state index is 0.0386. The number of allylic oxidation sites excluding steroid dienone is 4. The standard InChI is InChI=1S/C21H22O5/c1-25-20-14-9-7-5-3-4-6-8-13-10-11-16(22)15(12-13)17(18(14)23)21(26-2)19(20)24/h4,6,10-12,22H,3,5,7-9H2,1-2H3. The monoisotopic (exact) mass is 354 g/mol. The van der Waals surface area contributed by atoms with Crippen molar-refractivity contribution < 1.29 is 24.2 Å². The minimum Gasteiger partial charge on any atom is -0.507 e. The molecule has 0 amide bonds. The summed E-state index contributed by atoms with van der Waals surface area (Å²) in [6.45, 7) is 0. The molecule has 0 saturated carbocycles. The molecule has 0 fully saturated rings. The SMILES string of the molecule is COC1=C2CCCCC=CCc3ccc(O)c(c3)C(=C(OC)C1=O)C2=O. The van der Waals surface area contributed by atoms with E-state index in [1.54, 1.807) is 12.1 Å². The number of methoxy groups -OCH3 is 2. The maximum atomic E-state index is 13.2. The maximum Gasteiger partial charge on any atom is 0.263 e.